The van der Waals surface area contributed by atoms with E-state index in [1.165, 1.54) is 13.8 Å². The van der Waals surface area contributed by atoms with Gasteiger partial charge >= 0.3 is 0 Å². The number of rotatable bonds is 8. The third-order valence-electron chi connectivity index (χ3n) is 10.8. The SMILES string of the molecule is C[C@@H]1CN(c2cc(-c3ccccc3Oc3ncccc3N3C4CCC3CN(c3cc(-c5ccccc5O)nnc3N)C4)nnc2N)CCN1C(=O)C(C)(C)O. The highest BCUT2D eigenvalue weighted by atomic mass is 16.5. The van der Waals surface area contributed by atoms with Crippen molar-refractivity contribution in [2.75, 3.05) is 58.9 Å². The second-order valence-corrected chi connectivity index (χ2v) is 15.0. The summed E-state index contributed by atoms with van der Waals surface area (Å²) < 4.78 is 6.68. The number of ether oxygens (including phenoxy) is 1. The zero-order valence-electron chi connectivity index (χ0n) is 31.1. The van der Waals surface area contributed by atoms with Crippen LogP contribution in [0.5, 0.6) is 17.4 Å². The molecule has 2 unspecified atom stereocenters. The number of fused-ring (bicyclic) bond motifs is 2. The highest BCUT2D eigenvalue weighted by molar-refractivity contribution is 5.85. The Hall–Kier alpha value is -6.22. The van der Waals surface area contributed by atoms with Crippen LogP contribution in [0.2, 0.25) is 0 Å². The number of amides is 1. The van der Waals surface area contributed by atoms with E-state index in [2.05, 4.69) is 41.2 Å². The van der Waals surface area contributed by atoms with Crippen LogP contribution in [-0.2, 0) is 4.79 Å². The zero-order valence-corrected chi connectivity index (χ0v) is 31.1. The molecule has 6 heterocycles. The summed E-state index contributed by atoms with van der Waals surface area (Å²) >= 11 is 0. The van der Waals surface area contributed by atoms with Crippen molar-refractivity contribution in [2.45, 2.75) is 57.3 Å². The van der Waals surface area contributed by atoms with Crippen LogP contribution in [0.4, 0.5) is 28.7 Å². The normalized spacial score (nSPS) is 19.8. The van der Waals surface area contributed by atoms with Crippen LogP contribution in [0.3, 0.4) is 0 Å². The molecule has 15 heteroatoms. The number of anilines is 5. The molecule has 3 saturated heterocycles. The number of phenolic OH excluding ortho intramolecular Hbond substituents is 1. The van der Waals surface area contributed by atoms with Crippen molar-refractivity contribution in [3.8, 4) is 39.9 Å². The van der Waals surface area contributed by atoms with Gasteiger partial charge in [-0.25, -0.2) is 4.98 Å². The van der Waals surface area contributed by atoms with Gasteiger partial charge in [0.2, 0.25) is 5.88 Å². The van der Waals surface area contributed by atoms with Crippen LogP contribution >= 0.6 is 0 Å². The Morgan fingerprint density at radius 1 is 0.782 bits per heavy atom. The molecule has 6 N–H and O–H groups in total. The molecule has 284 valence electrons. The number of nitrogens with two attached hydrogens (primary N) is 2. The molecule has 3 aromatic heterocycles. The molecule has 1 amide bonds. The van der Waals surface area contributed by atoms with Gasteiger partial charge in [-0.2, -0.15) is 0 Å². The number of hydrogen-bond donors (Lipinski definition) is 4. The Kier molecular flexibility index (Phi) is 9.25. The van der Waals surface area contributed by atoms with Crippen molar-refractivity contribution in [1.29, 1.82) is 0 Å². The summed E-state index contributed by atoms with van der Waals surface area (Å²) in [4.78, 5) is 26.1. The number of nitrogen functional groups attached to an aromatic ring is 2. The van der Waals surface area contributed by atoms with Crippen molar-refractivity contribution in [3.63, 3.8) is 0 Å². The fourth-order valence-electron chi connectivity index (χ4n) is 8.09. The number of aliphatic hydroxyl groups is 1. The Labute approximate surface area is 319 Å². The van der Waals surface area contributed by atoms with Crippen molar-refractivity contribution >= 4 is 34.6 Å². The van der Waals surface area contributed by atoms with Gasteiger partial charge < -0.3 is 46.0 Å². The summed E-state index contributed by atoms with van der Waals surface area (Å²) in [6, 6.07) is 22.7. The molecule has 3 aliphatic rings. The second-order valence-electron chi connectivity index (χ2n) is 15.0. The van der Waals surface area contributed by atoms with Crippen LogP contribution in [0.25, 0.3) is 22.5 Å². The maximum atomic E-state index is 12.9. The first-order valence-electron chi connectivity index (χ1n) is 18.5. The maximum Gasteiger partial charge on any atom is 0.254 e. The summed E-state index contributed by atoms with van der Waals surface area (Å²) in [5, 5.41) is 38.1. The topological polar surface area (TPSA) is 196 Å². The molecule has 0 saturated carbocycles. The van der Waals surface area contributed by atoms with Crippen LogP contribution in [0.15, 0.2) is 79.0 Å². The average Bonchev–Trinajstić information content (AvgIpc) is 3.43. The van der Waals surface area contributed by atoms with Gasteiger partial charge in [0.25, 0.3) is 5.91 Å². The molecular formula is C40H45N11O4. The number of carbonyl (C=O) groups is 1. The smallest absolute Gasteiger partial charge is 0.254 e. The van der Waals surface area contributed by atoms with Crippen molar-refractivity contribution in [1.82, 2.24) is 30.3 Å². The molecule has 2 bridgehead atoms. The lowest BCUT2D eigenvalue weighted by Gasteiger charge is -2.43. The maximum absolute atomic E-state index is 12.9. The number of aromatic hydroxyl groups is 1. The first kappa shape index (κ1) is 35.8. The summed E-state index contributed by atoms with van der Waals surface area (Å²) in [6.45, 7) is 7.88. The minimum Gasteiger partial charge on any atom is -0.507 e. The third kappa shape index (κ3) is 6.86. The monoisotopic (exact) mass is 743 g/mol. The van der Waals surface area contributed by atoms with Crippen LogP contribution in [-0.4, -0.2) is 103 Å². The summed E-state index contributed by atoms with van der Waals surface area (Å²) in [6.07, 6.45) is 3.70. The molecule has 0 radical (unpaired) electrons. The number of benzene rings is 2. The largest absolute Gasteiger partial charge is 0.507 e. The molecule has 8 rings (SSSR count). The summed E-state index contributed by atoms with van der Waals surface area (Å²) in [5.41, 5.74) is 16.2. The van der Waals surface area contributed by atoms with E-state index in [4.69, 9.17) is 21.2 Å². The average molecular weight is 744 g/mol. The Morgan fingerprint density at radius 3 is 2.05 bits per heavy atom. The highest BCUT2D eigenvalue weighted by Gasteiger charge is 2.42. The Balaban J connectivity index is 1.03. The number of hydrogen-bond acceptors (Lipinski definition) is 14. The second kappa shape index (κ2) is 14.2. The van der Waals surface area contributed by atoms with E-state index in [0.29, 0.717) is 72.8 Å². The third-order valence-corrected chi connectivity index (χ3v) is 10.8. The number of para-hydroxylation sites is 2. The van der Waals surface area contributed by atoms with Gasteiger partial charge in [-0.1, -0.05) is 24.3 Å². The minimum atomic E-state index is -1.45. The Bertz CT molecular complexity index is 2220. The lowest BCUT2D eigenvalue weighted by Crippen LogP contribution is -2.58. The first-order chi connectivity index (χ1) is 26.5. The van der Waals surface area contributed by atoms with E-state index in [1.54, 1.807) is 23.2 Å². The van der Waals surface area contributed by atoms with Gasteiger partial charge in [0.15, 0.2) is 11.6 Å². The van der Waals surface area contributed by atoms with Crippen molar-refractivity contribution < 1.29 is 19.7 Å². The molecule has 3 aliphatic heterocycles. The van der Waals surface area contributed by atoms with E-state index >= 15 is 0 Å². The molecule has 15 nitrogen and oxygen atoms in total. The number of nitrogens with zero attached hydrogens (tertiary/aromatic N) is 9. The highest BCUT2D eigenvalue weighted by Crippen LogP contribution is 2.43. The first-order valence-corrected chi connectivity index (χ1v) is 18.5. The molecule has 0 spiro atoms. The lowest BCUT2D eigenvalue weighted by molar-refractivity contribution is -0.150. The van der Waals surface area contributed by atoms with Crippen molar-refractivity contribution in [3.05, 3.63) is 79.0 Å². The van der Waals surface area contributed by atoms with E-state index in [1.807, 2.05) is 61.5 Å². The van der Waals surface area contributed by atoms with E-state index in [-0.39, 0.29) is 35.6 Å². The molecule has 5 aromatic rings. The number of carbonyl (C=O) groups excluding carboxylic acids is 1. The van der Waals surface area contributed by atoms with Gasteiger partial charge in [-0.15, -0.1) is 20.4 Å². The van der Waals surface area contributed by atoms with Gasteiger partial charge in [0.1, 0.15) is 22.8 Å². The van der Waals surface area contributed by atoms with E-state index in [9.17, 15) is 15.0 Å². The zero-order chi connectivity index (χ0) is 38.4. The van der Waals surface area contributed by atoms with E-state index in [0.717, 1.165) is 29.8 Å². The molecule has 3 atom stereocenters. The molecule has 0 aliphatic carbocycles. The van der Waals surface area contributed by atoms with Crippen LogP contribution in [0.1, 0.15) is 33.6 Å². The number of aromatic nitrogens is 5. The standard InChI is InChI=1S/C40H45N11O4/c1-24-21-48(17-18-50(24)39(53)40(2,3)54)32-20-30(45-46-36(32)41)28-10-5-7-13-35(28)55-38-31(11-8-16-43-38)51-25-14-15-26(51)23-49(22-25)33-19-29(44-47-37(33)42)27-9-4-6-12-34(27)52/h4-13,16,19-20,24-26,52,54H,14-15,17-18,21-23H2,1-3H3,(H2,41,46)(H2,42,47)/t24-,25?,26?/m1/s1. The number of pyridine rings is 1. The molecule has 55 heavy (non-hydrogen) atoms. The molecule has 3 fully saturated rings. The number of piperazine rings is 2. The predicted octanol–water partition coefficient (Wildman–Crippen LogP) is 4.32. The van der Waals surface area contributed by atoms with Crippen LogP contribution in [0, 0.1) is 0 Å². The number of phenols is 1. The predicted molar refractivity (Wildman–Crippen MR) is 211 cm³/mol. The van der Waals surface area contributed by atoms with Crippen LogP contribution < -0.4 is 30.9 Å². The van der Waals surface area contributed by atoms with Crippen molar-refractivity contribution in [2.24, 2.45) is 0 Å². The fourth-order valence-corrected chi connectivity index (χ4v) is 8.09. The van der Waals surface area contributed by atoms with Gasteiger partial charge in [0.05, 0.1) is 22.8 Å². The van der Waals surface area contributed by atoms with E-state index < -0.39 is 5.60 Å². The lowest BCUT2D eigenvalue weighted by atomic mass is 10.0. The summed E-state index contributed by atoms with van der Waals surface area (Å²) in [7, 11) is 0. The minimum absolute atomic E-state index is 0.137. The summed E-state index contributed by atoms with van der Waals surface area (Å²) in [5.74, 6) is 1.53. The fraction of sp³-hybridized carbons (Fsp3) is 0.350. The van der Waals surface area contributed by atoms with Gasteiger partial charge in [0, 0.05) is 68.2 Å². The quantitative estimate of drug-likeness (QED) is 0.175. The molecule has 2 aromatic carbocycles. The van der Waals surface area contributed by atoms with Gasteiger partial charge in [-0.05, 0) is 82.1 Å². The Morgan fingerprint density at radius 2 is 1.40 bits per heavy atom. The molecular weight excluding hydrogens is 699 g/mol. The van der Waals surface area contributed by atoms with Gasteiger partial charge in [-0.3, -0.25) is 4.79 Å².